The Bertz CT molecular complexity index is 850. The Morgan fingerprint density at radius 2 is 2.04 bits per heavy atom. The van der Waals surface area contributed by atoms with Crippen molar-refractivity contribution in [2.45, 2.75) is 38.8 Å². The number of ether oxygens (including phenoxy) is 1. The molecule has 0 spiro atoms. The lowest BCUT2D eigenvalue weighted by atomic mass is 10.1. The molecule has 1 aliphatic heterocycles. The zero-order chi connectivity index (χ0) is 19.9. The van der Waals surface area contributed by atoms with E-state index in [1.807, 2.05) is 4.57 Å². The molecule has 0 aliphatic carbocycles. The third-order valence-electron chi connectivity index (χ3n) is 4.74. The fourth-order valence-corrected chi connectivity index (χ4v) is 3.30. The van der Waals surface area contributed by atoms with Gasteiger partial charge in [0.1, 0.15) is 11.5 Å². The van der Waals surface area contributed by atoms with E-state index in [2.05, 4.69) is 15.6 Å². The first-order valence-electron chi connectivity index (χ1n) is 9.50. The Hall–Kier alpha value is -2.74. The SMILES string of the molecule is COCCCNC(=O)c1nc(C(=O)NCc2ccccc2F)n2c1CCCC2. The standard InChI is InChI=1S/C20H25FN4O3/c1-28-12-6-10-22-19(26)17-16-9-4-5-11-25(16)18(24-17)20(27)23-13-14-7-2-3-8-15(14)21/h2-3,7-8H,4-6,9-13H2,1H3,(H,22,26)(H,23,27). The molecule has 0 fully saturated rings. The van der Waals surface area contributed by atoms with Gasteiger partial charge in [0, 0.05) is 38.9 Å². The Morgan fingerprint density at radius 3 is 2.82 bits per heavy atom. The number of imidazole rings is 1. The van der Waals surface area contributed by atoms with Gasteiger partial charge in [-0.05, 0) is 31.7 Å². The number of nitrogens with one attached hydrogen (secondary N) is 2. The monoisotopic (exact) mass is 388 g/mol. The molecule has 2 amide bonds. The average molecular weight is 388 g/mol. The van der Waals surface area contributed by atoms with Crippen LogP contribution in [0.3, 0.4) is 0 Å². The minimum Gasteiger partial charge on any atom is -0.385 e. The van der Waals surface area contributed by atoms with Crippen molar-refractivity contribution in [3.8, 4) is 0 Å². The van der Waals surface area contributed by atoms with E-state index in [0.29, 0.717) is 43.8 Å². The molecular weight excluding hydrogens is 363 g/mol. The van der Waals surface area contributed by atoms with Gasteiger partial charge in [0.05, 0.1) is 5.69 Å². The fourth-order valence-electron chi connectivity index (χ4n) is 3.30. The Balaban J connectivity index is 1.73. The number of amides is 2. The Morgan fingerprint density at radius 1 is 1.21 bits per heavy atom. The minimum atomic E-state index is -0.412. The summed E-state index contributed by atoms with van der Waals surface area (Å²) in [6.45, 7) is 1.74. The number of aromatic nitrogens is 2. The smallest absolute Gasteiger partial charge is 0.287 e. The second-order valence-corrected chi connectivity index (χ2v) is 6.72. The molecule has 8 heteroatoms. The lowest BCUT2D eigenvalue weighted by molar-refractivity contribution is 0.0934. The second kappa shape index (κ2) is 9.45. The van der Waals surface area contributed by atoms with Crippen LogP contribution in [0.4, 0.5) is 4.39 Å². The van der Waals surface area contributed by atoms with Crippen LogP contribution in [0, 0.1) is 5.82 Å². The van der Waals surface area contributed by atoms with Crippen LogP contribution in [0.2, 0.25) is 0 Å². The van der Waals surface area contributed by atoms with Gasteiger partial charge in [-0.25, -0.2) is 9.37 Å². The van der Waals surface area contributed by atoms with Gasteiger partial charge in [-0.15, -0.1) is 0 Å². The first-order valence-corrected chi connectivity index (χ1v) is 9.50. The zero-order valence-corrected chi connectivity index (χ0v) is 16.0. The molecule has 2 aromatic rings. The van der Waals surface area contributed by atoms with Crippen molar-refractivity contribution in [1.82, 2.24) is 20.2 Å². The zero-order valence-electron chi connectivity index (χ0n) is 16.0. The van der Waals surface area contributed by atoms with Gasteiger partial charge >= 0.3 is 0 Å². The number of nitrogens with zero attached hydrogens (tertiary/aromatic N) is 2. The number of halogens is 1. The minimum absolute atomic E-state index is 0.0618. The third-order valence-corrected chi connectivity index (χ3v) is 4.74. The van der Waals surface area contributed by atoms with Gasteiger partial charge in [0.25, 0.3) is 11.8 Å². The molecule has 1 aromatic heterocycles. The largest absolute Gasteiger partial charge is 0.385 e. The highest BCUT2D eigenvalue weighted by Crippen LogP contribution is 2.21. The molecule has 7 nitrogen and oxygen atoms in total. The number of methoxy groups -OCH3 is 1. The van der Waals surface area contributed by atoms with Crippen LogP contribution >= 0.6 is 0 Å². The summed E-state index contributed by atoms with van der Waals surface area (Å²) >= 11 is 0. The Kier molecular flexibility index (Phi) is 6.76. The maximum absolute atomic E-state index is 13.8. The quantitative estimate of drug-likeness (QED) is 0.678. The number of carbonyl (C=O) groups is 2. The number of benzene rings is 1. The molecule has 1 aromatic carbocycles. The molecule has 0 radical (unpaired) electrons. The molecule has 0 saturated carbocycles. The summed E-state index contributed by atoms with van der Waals surface area (Å²) in [5.74, 6) is -0.864. The molecular formula is C20H25FN4O3. The Labute approximate surface area is 163 Å². The van der Waals surface area contributed by atoms with Crippen molar-refractivity contribution >= 4 is 11.8 Å². The maximum atomic E-state index is 13.8. The van der Waals surface area contributed by atoms with Crippen LogP contribution in [-0.4, -0.2) is 41.6 Å². The van der Waals surface area contributed by atoms with Gasteiger partial charge in [-0.3, -0.25) is 9.59 Å². The molecule has 0 bridgehead atoms. The van der Waals surface area contributed by atoms with E-state index in [1.165, 1.54) is 6.07 Å². The summed E-state index contributed by atoms with van der Waals surface area (Å²) in [7, 11) is 1.61. The predicted octanol–water partition coefficient (Wildman–Crippen LogP) is 2.05. The van der Waals surface area contributed by atoms with Crippen LogP contribution in [0.1, 0.15) is 51.6 Å². The van der Waals surface area contributed by atoms with Crippen molar-refractivity contribution < 1.29 is 18.7 Å². The number of rotatable bonds is 8. The van der Waals surface area contributed by atoms with Crippen LogP contribution in [-0.2, 0) is 24.2 Å². The van der Waals surface area contributed by atoms with E-state index in [-0.39, 0.29) is 24.1 Å². The van der Waals surface area contributed by atoms with Crippen molar-refractivity contribution in [2.75, 3.05) is 20.3 Å². The van der Waals surface area contributed by atoms with E-state index < -0.39 is 5.91 Å². The normalized spacial score (nSPS) is 13.1. The van der Waals surface area contributed by atoms with Gasteiger partial charge in [0.15, 0.2) is 5.82 Å². The number of fused-ring (bicyclic) bond motifs is 1. The summed E-state index contributed by atoms with van der Waals surface area (Å²) < 4.78 is 20.6. The maximum Gasteiger partial charge on any atom is 0.287 e. The van der Waals surface area contributed by atoms with Crippen molar-refractivity contribution in [1.29, 1.82) is 0 Å². The fraction of sp³-hybridized carbons (Fsp3) is 0.450. The van der Waals surface area contributed by atoms with E-state index in [9.17, 15) is 14.0 Å². The van der Waals surface area contributed by atoms with Crippen LogP contribution < -0.4 is 10.6 Å². The lowest BCUT2D eigenvalue weighted by Crippen LogP contribution is -2.28. The average Bonchev–Trinajstić information content (AvgIpc) is 3.10. The van der Waals surface area contributed by atoms with Gasteiger partial charge < -0.3 is 19.9 Å². The van der Waals surface area contributed by atoms with Crippen LogP contribution in [0.5, 0.6) is 0 Å². The predicted molar refractivity (Wildman–Crippen MR) is 102 cm³/mol. The number of hydrogen-bond donors (Lipinski definition) is 2. The van der Waals surface area contributed by atoms with E-state index in [4.69, 9.17) is 4.74 Å². The molecule has 0 atom stereocenters. The lowest BCUT2D eigenvalue weighted by Gasteiger charge is -2.17. The number of hydrogen-bond acceptors (Lipinski definition) is 4. The van der Waals surface area contributed by atoms with Gasteiger partial charge in [-0.2, -0.15) is 0 Å². The molecule has 2 heterocycles. The van der Waals surface area contributed by atoms with E-state index >= 15 is 0 Å². The summed E-state index contributed by atoms with van der Waals surface area (Å²) in [4.78, 5) is 29.5. The second-order valence-electron chi connectivity index (χ2n) is 6.72. The first kappa shape index (κ1) is 20.0. The molecule has 1 aliphatic rings. The highest BCUT2D eigenvalue weighted by Gasteiger charge is 2.27. The molecule has 3 rings (SSSR count). The summed E-state index contributed by atoms with van der Waals surface area (Å²) in [5, 5.41) is 5.53. The molecule has 0 unspecified atom stereocenters. The van der Waals surface area contributed by atoms with Crippen LogP contribution in [0.25, 0.3) is 0 Å². The van der Waals surface area contributed by atoms with E-state index in [1.54, 1.807) is 25.3 Å². The number of carbonyl (C=O) groups excluding carboxylic acids is 2. The first-order chi connectivity index (χ1) is 13.6. The molecule has 0 saturated heterocycles. The highest BCUT2D eigenvalue weighted by molar-refractivity contribution is 5.97. The third kappa shape index (κ3) is 4.56. The van der Waals surface area contributed by atoms with Crippen molar-refractivity contribution in [2.24, 2.45) is 0 Å². The highest BCUT2D eigenvalue weighted by atomic mass is 19.1. The van der Waals surface area contributed by atoms with Crippen molar-refractivity contribution in [3.63, 3.8) is 0 Å². The molecule has 150 valence electrons. The van der Waals surface area contributed by atoms with Gasteiger partial charge in [-0.1, -0.05) is 18.2 Å². The van der Waals surface area contributed by atoms with Gasteiger partial charge in [0.2, 0.25) is 0 Å². The topological polar surface area (TPSA) is 85.2 Å². The van der Waals surface area contributed by atoms with Crippen LogP contribution in [0.15, 0.2) is 24.3 Å². The van der Waals surface area contributed by atoms with E-state index in [0.717, 1.165) is 18.5 Å². The summed E-state index contributed by atoms with van der Waals surface area (Å²) in [6, 6.07) is 6.29. The van der Waals surface area contributed by atoms with Crippen molar-refractivity contribution in [3.05, 3.63) is 52.9 Å². The molecule has 28 heavy (non-hydrogen) atoms. The summed E-state index contributed by atoms with van der Waals surface area (Å²) in [6.07, 6.45) is 3.28. The molecule has 2 N–H and O–H groups in total. The summed E-state index contributed by atoms with van der Waals surface area (Å²) in [5.41, 5.74) is 1.48.